The number of hydrogen-bond acceptors (Lipinski definition) is 5. The average Bonchev–Trinajstić information content (AvgIpc) is 2.37. The van der Waals surface area contributed by atoms with Crippen LogP contribution in [0.4, 0.5) is 0 Å². The first kappa shape index (κ1) is 15.1. The van der Waals surface area contributed by atoms with E-state index in [4.69, 9.17) is 5.11 Å². The van der Waals surface area contributed by atoms with E-state index < -0.39 is 28.4 Å². The molecule has 1 heterocycles. The summed E-state index contributed by atoms with van der Waals surface area (Å²) in [6, 6.07) is 2.18. The highest BCUT2D eigenvalue weighted by Gasteiger charge is 2.17. The smallest absolute Gasteiger partial charge is 0.337 e. The van der Waals surface area contributed by atoms with Gasteiger partial charge >= 0.3 is 5.97 Å². The lowest BCUT2D eigenvalue weighted by Crippen LogP contribution is -2.37. The first-order chi connectivity index (χ1) is 8.86. The number of amides is 1. The molecule has 0 aliphatic rings. The van der Waals surface area contributed by atoms with E-state index in [0.717, 1.165) is 18.3 Å². The molecule has 1 aromatic heterocycles. The van der Waals surface area contributed by atoms with Gasteiger partial charge in [0.1, 0.15) is 0 Å². The lowest BCUT2D eigenvalue weighted by atomic mass is 10.3. The van der Waals surface area contributed by atoms with Crippen molar-refractivity contribution in [2.45, 2.75) is 11.9 Å². The molecule has 0 bridgehead atoms. The summed E-state index contributed by atoms with van der Waals surface area (Å²) < 4.78 is 25.5. The third-order valence-corrected chi connectivity index (χ3v) is 3.37. The van der Waals surface area contributed by atoms with Crippen LogP contribution in [0, 0.1) is 0 Å². The topological polar surface area (TPSA) is 125 Å². The molecule has 104 valence electrons. The first-order valence-electron chi connectivity index (χ1n) is 5.32. The van der Waals surface area contributed by atoms with Gasteiger partial charge in [0.15, 0.2) is 5.03 Å². The number of aromatic carboxylic acids is 1. The van der Waals surface area contributed by atoms with Gasteiger partial charge in [0.05, 0.1) is 12.1 Å². The molecule has 0 radical (unpaired) electrons. The molecule has 3 N–H and O–H groups in total. The van der Waals surface area contributed by atoms with Crippen LogP contribution in [0.25, 0.3) is 0 Å². The summed E-state index contributed by atoms with van der Waals surface area (Å²) in [5.41, 5.74) is -0.123. The van der Waals surface area contributed by atoms with E-state index in [1.54, 1.807) is 6.92 Å². The quantitative estimate of drug-likeness (QED) is 0.628. The number of nitrogens with one attached hydrogen (secondary N) is 2. The number of carbonyl (C=O) groups excluding carboxylic acids is 1. The van der Waals surface area contributed by atoms with Gasteiger partial charge in [-0.15, -0.1) is 0 Å². The maximum Gasteiger partial charge on any atom is 0.337 e. The normalized spacial score (nSPS) is 11.0. The van der Waals surface area contributed by atoms with Gasteiger partial charge in [0, 0.05) is 12.7 Å². The summed E-state index contributed by atoms with van der Waals surface area (Å²) in [6.07, 6.45) is 0.934. The van der Waals surface area contributed by atoms with Gasteiger partial charge in [-0.1, -0.05) is 0 Å². The molecule has 0 aliphatic heterocycles. The van der Waals surface area contributed by atoms with Crippen molar-refractivity contribution in [3.8, 4) is 0 Å². The number of likely N-dealkylation sites (N-methyl/N-ethyl adjacent to an activating group) is 1. The highest BCUT2D eigenvalue weighted by Crippen LogP contribution is 2.06. The van der Waals surface area contributed by atoms with E-state index in [2.05, 4.69) is 15.0 Å². The standard InChI is InChI=1S/C10H13N3O5S/c1-2-11-8(14)6-13-19(17,18)9-4-3-7(5-12-9)10(15)16/h3-5,13H,2,6H2,1H3,(H,11,14)(H,15,16). The number of carboxylic acids is 1. The van der Waals surface area contributed by atoms with Crippen LogP contribution in [-0.2, 0) is 14.8 Å². The van der Waals surface area contributed by atoms with Crippen molar-refractivity contribution < 1.29 is 23.1 Å². The maximum atomic E-state index is 11.7. The van der Waals surface area contributed by atoms with E-state index in [0.29, 0.717) is 6.54 Å². The Balaban J connectivity index is 2.77. The van der Waals surface area contributed by atoms with Gasteiger partial charge in [-0.25, -0.2) is 22.9 Å². The van der Waals surface area contributed by atoms with E-state index >= 15 is 0 Å². The van der Waals surface area contributed by atoms with Crippen molar-refractivity contribution in [2.24, 2.45) is 0 Å². The molecule has 0 fully saturated rings. The van der Waals surface area contributed by atoms with Crippen molar-refractivity contribution in [2.75, 3.05) is 13.1 Å². The number of rotatable bonds is 6. The lowest BCUT2D eigenvalue weighted by molar-refractivity contribution is -0.119. The van der Waals surface area contributed by atoms with E-state index in [9.17, 15) is 18.0 Å². The summed E-state index contributed by atoms with van der Waals surface area (Å²) in [7, 11) is -3.93. The maximum absolute atomic E-state index is 11.7. The molecular formula is C10H13N3O5S. The summed E-state index contributed by atoms with van der Waals surface area (Å²) >= 11 is 0. The number of nitrogens with zero attached hydrogens (tertiary/aromatic N) is 1. The molecule has 0 saturated heterocycles. The second-order valence-electron chi connectivity index (χ2n) is 3.47. The minimum Gasteiger partial charge on any atom is -0.478 e. The molecule has 1 aromatic rings. The third-order valence-electron chi connectivity index (χ3n) is 2.06. The molecule has 0 aromatic carbocycles. The minimum atomic E-state index is -3.93. The Morgan fingerprint density at radius 1 is 1.37 bits per heavy atom. The largest absolute Gasteiger partial charge is 0.478 e. The number of carboxylic acid groups (broad SMARTS) is 1. The highest BCUT2D eigenvalue weighted by atomic mass is 32.2. The van der Waals surface area contributed by atoms with Crippen molar-refractivity contribution in [1.29, 1.82) is 0 Å². The van der Waals surface area contributed by atoms with Crippen LogP contribution in [0.3, 0.4) is 0 Å². The van der Waals surface area contributed by atoms with Crippen LogP contribution in [0.2, 0.25) is 0 Å². The van der Waals surface area contributed by atoms with Gasteiger partial charge in [-0.2, -0.15) is 0 Å². The van der Waals surface area contributed by atoms with Crippen LogP contribution in [0.15, 0.2) is 23.4 Å². The average molecular weight is 287 g/mol. The number of hydrogen-bond donors (Lipinski definition) is 3. The van der Waals surface area contributed by atoms with E-state index in [-0.39, 0.29) is 10.6 Å². The Morgan fingerprint density at radius 3 is 2.53 bits per heavy atom. The molecule has 1 amide bonds. The molecule has 0 aliphatic carbocycles. The molecule has 0 spiro atoms. The van der Waals surface area contributed by atoms with Crippen molar-refractivity contribution in [1.82, 2.24) is 15.0 Å². The Bertz CT molecular complexity index is 567. The zero-order chi connectivity index (χ0) is 14.5. The summed E-state index contributed by atoms with van der Waals surface area (Å²) in [5.74, 6) is -1.67. The Morgan fingerprint density at radius 2 is 2.05 bits per heavy atom. The van der Waals surface area contributed by atoms with E-state index in [1.165, 1.54) is 0 Å². The number of carbonyl (C=O) groups is 2. The molecule has 9 heteroatoms. The Labute approximate surface area is 109 Å². The molecule has 0 atom stereocenters. The molecule has 1 rings (SSSR count). The second-order valence-corrected chi connectivity index (χ2v) is 5.18. The van der Waals surface area contributed by atoms with Crippen LogP contribution >= 0.6 is 0 Å². The number of aromatic nitrogens is 1. The fourth-order valence-electron chi connectivity index (χ4n) is 1.16. The molecular weight excluding hydrogens is 274 g/mol. The fraction of sp³-hybridized carbons (Fsp3) is 0.300. The van der Waals surface area contributed by atoms with Crippen molar-refractivity contribution in [3.05, 3.63) is 23.9 Å². The van der Waals surface area contributed by atoms with Gasteiger partial charge in [0.2, 0.25) is 5.91 Å². The second kappa shape index (κ2) is 6.25. The molecule has 0 unspecified atom stereocenters. The number of pyridine rings is 1. The fourth-order valence-corrected chi connectivity index (χ4v) is 2.07. The Hall–Kier alpha value is -2.00. The predicted molar refractivity (Wildman–Crippen MR) is 65.1 cm³/mol. The van der Waals surface area contributed by atoms with Crippen molar-refractivity contribution >= 4 is 21.9 Å². The van der Waals surface area contributed by atoms with Crippen molar-refractivity contribution in [3.63, 3.8) is 0 Å². The lowest BCUT2D eigenvalue weighted by Gasteiger charge is -2.06. The van der Waals surface area contributed by atoms with Gasteiger partial charge in [-0.3, -0.25) is 4.79 Å². The zero-order valence-corrected chi connectivity index (χ0v) is 10.9. The first-order valence-corrected chi connectivity index (χ1v) is 6.81. The summed E-state index contributed by atoms with van der Waals surface area (Å²) in [6.45, 7) is 1.70. The highest BCUT2D eigenvalue weighted by molar-refractivity contribution is 7.89. The van der Waals surface area contributed by atoms with Gasteiger partial charge in [-0.05, 0) is 19.1 Å². The summed E-state index contributed by atoms with van der Waals surface area (Å²) in [5, 5.41) is 10.7. The molecule has 19 heavy (non-hydrogen) atoms. The minimum absolute atomic E-state index is 0.123. The van der Waals surface area contributed by atoms with E-state index in [1.807, 2.05) is 0 Å². The van der Waals surface area contributed by atoms with Crippen LogP contribution in [-0.4, -0.2) is 43.5 Å². The SMILES string of the molecule is CCNC(=O)CNS(=O)(=O)c1ccc(C(=O)O)cn1. The number of sulfonamides is 1. The monoisotopic (exact) mass is 287 g/mol. The van der Waals surface area contributed by atoms with Gasteiger partial charge < -0.3 is 10.4 Å². The molecule has 8 nitrogen and oxygen atoms in total. The van der Waals surface area contributed by atoms with Crippen LogP contribution < -0.4 is 10.0 Å². The van der Waals surface area contributed by atoms with Crippen LogP contribution in [0.5, 0.6) is 0 Å². The van der Waals surface area contributed by atoms with Gasteiger partial charge in [0.25, 0.3) is 10.0 Å². The molecule has 0 saturated carbocycles. The summed E-state index contributed by atoms with van der Waals surface area (Å²) in [4.78, 5) is 25.3. The Kier molecular flexibility index (Phi) is 4.95. The third kappa shape index (κ3) is 4.30. The zero-order valence-electron chi connectivity index (χ0n) is 10.1. The predicted octanol–water partition coefficient (Wildman–Crippen LogP) is -0.806. The van der Waals surface area contributed by atoms with Crippen LogP contribution in [0.1, 0.15) is 17.3 Å².